The Morgan fingerprint density at radius 3 is 2.07 bits per heavy atom. The van der Waals surface area contributed by atoms with Gasteiger partial charge in [0.15, 0.2) is 17.7 Å². The zero-order chi connectivity index (χ0) is 52.5. The van der Waals surface area contributed by atoms with E-state index in [0.717, 1.165) is 61.1 Å². The zero-order valence-electron chi connectivity index (χ0n) is 39.2. The number of fused-ring (bicyclic) bond motifs is 1. The average Bonchev–Trinajstić information content (AvgIpc) is 3.86. The van der Waals surface area contributed by atoms with Gasteiger partial charge in [0.2, 0.25) is 16.9 Å². The van der Waals surface area contributed by atoms with Crippen molar-refractivity contribution in [3.8, 4) is 0 Å². The molecule has 2 amide bonds. The first-order valence-electron chi connectivity index (χ1n) is 22.1. The lowest BCUT2D eigenvalue weighted by atomic mass is 9.87. The molecule has 2 unspecified atom stereocenters. The van der Waals surface area contributed by atoms with Gasteiger partial charge in [0.05, 0.1) is 27.4 Å². The molecule has 7 atom stereocenters. The standard InChI is InChI=1S/C43H64N7O17P3S/c1-4-5-6-7-8-9-10-11-12-13-14-15-16-17-18-19-20-21-22-23-34(52)71-27-26-45-33(51)24-25-46-41(55)38(54)43(2,3)29-64-70(61,62)67-69(59,60)63-28-32-37(66-68(56,57)58)36(53)42(65-32)50-31-49-35-39(44)47-30-48-40(35)50/h5-6,8-9,11-12,14-15,17-18,20-23,30-32,36-38,42,53-54H,4,7,10,13,16,19,24-29H2,1-3H3,(H,45,51)(H,46,55)(H,59,60)(H,61,62)(H2,44,47,48)(H2,56,57,58)/p-4/b6-5-,9-8-,12-11-,15-14-,18-17-,21-20-,23-22+/t32-,36-,37-,38+,42-/m1/s1. The highest BCUT2D eigenvalue weighted by atomic mass is 32.2. The van der Waals surface area contributed by atoms with Crippen LogP contribution in [0, 0.1) is 5.41 Å². The number of aliphatic hydroxyl groups is 2. The van der Waals surface area contributed by atoms with Gasteiger partial charge in [-0.25, -0.2) is 19.3 Å². The van der Waals surface area contributed by atoms with E-state index < -0.39 is 84.6 Å². The maximum absolute atomic E-state index is 12.6. The van der Waals surface area contributed by atoms with Crippen molar-refractivity contribution in [2.45, 2.75) is 96.4 Å². The number of hydrogen-bond acceptors (Lipinski definition) is 22. The van der Waals surface area contributed by atoms with Crippen LogP contribution in [0.15, 0.2) is 97.7 Å². The van der Waals surface area contributed by atoms with Crippen LogP contribution in [-0.4, -0.2) is 103 Å². The Morgan fingerprint density at radius 2 is 1.46 bits per heavy atom. The first-order valence-corrected chi connectivity index (χ1v) is 27.5. The van der Waals surface area contributed by atoms with Gasteiger partial charge in [0, 0.05) is 30.7 Å². The second kappa shape index (κ2) is 30.7. The molecule has 3 rings (SSSR count). The van der Waals surface area contributed by atoms with Crippen molar-refractivity contribution in [1.82, 2.24) is 30.2 Å². The number of thioether (sulfide) groups is 1. The Bertz CT molecular complexity index is 2400. The summed E-state index contributed by atoms with van der Waals surface area (Å²) in [4.78, 5) is 96.7. The molecule has 0 spiro atoms. The van der Waals surface area contributed by atoms with E-state index in [1.165, 1.54) is 19.9 Å². The second-order valence-corrected chi connectivity index (χ2v) is 21.0. The fourth-order valence-electron chi connectivity index (χ4n) is 6.02. The maximum Gasteiger partial charge on any atom is 0.274 e. The van der Waals surface area contributed by atoms with E-state index in [4.69, 9.17) is 10.5 Å². The normalized spacial score (nSPS) is 20.4. The number of ether oxygens (including phenoxy) is 1. The summed E-state index contributed by atoms with van der Waals surface area (Å²) in [7, 11) is -17.6. The summed E-state index contributed by atoms with van der Waals surface area (Å²) in [5.41, 5.74) is 4.06. The molecule has 1 fully saturated rings. The van der Waals surface area contributed by atoms with Gasteiger partial charge >= 0.3 is 0 Å². The minimum Gasteiger partial charge on any atom is -0.790 e. The number of phosphoric ester groups is 3. The smallest absolute Gasteiger partial charge is 0.274 e. The van der Waals surface area contributed by atoms with E-state index in [1.54, 1.807) is 12.2 Å². The van der Waals surface area contributed by atoms with E-state index in [0.29, 0.717) is 6.42 Å². The third kappa shape index (κ3) is 23.4. The SMILES string of the molecule is CC/C=C\C/C=C\C/C=C\C/C=C\C/C=C\C/C=C\C=C\C(=O)SCCNC(=O)CCNC(=O)[C@H](O)C(C)(C)COP(=O)([O-])OP(=O)([O-])OC[C@H]1O[C@@H](n2cnc3c(N)ncnc32)[C@H](O)[C@@H]1OP(=O)([O-])[O-]. The number of hydrogen-bond donors (Lipinski definition) is 5. The van der Waals surface area contributed by atoms with E-state index in [1.807, 2.05) is 12.2 Å². The zero-order valence-corrected chi connectivity index (χ0v) is 42.7. The quantitative estimate of drug-likeness (QED) is 0.0231. The topological polar surface area (TPSA) is 375 Å². The van der Waals surface area contributed by atoms with Crippen molar-refractivity contribution >= 4 is 69.1 Å². The number of carbonyl (C=O) groups excluding carboxylic acids is 3. The molecule has 2 aromatic heterocycles. The number of phosphoric acid groups is 3. The van der Waals surface area contributed by atoms with Crippen LogP contribution in [0.5, 0.6) is 0 Å². The number of anilines is 1. The fourth-order valence-corrected chi connectivity index (χ4v) is 9.34. The lowest BCUT2D eigenvalue weighted by Crippen LogP contribution is -2.46. The van der Waals surface area contributed by atoms with Crippen LogP contribution in [0.1, 0.15) is 71.9 Å². The first kappa shape index (κ1) is 61.0. The lowest BCUT2D eigenvalue weighted by molar-refractivity contribution is -0.347. The molecule has 1 aliphatic rings. The molecule has 71 heavy (non-hydrogen) atoms. The molecule has 6 N–H and O–H groups in total. The number of carbonyl (C=O) groups is 3. The monoisotopic (exact) mass is 1070 g/mol. The van der Waals surface area contributed by atoms with Crippen molar-refractivity contribution in [2.24, 2.45) is 5.41 Å². The molecule has 0 radical (unpaired) electrons. The van der Waals surface area contributed by atoms with Crippen molar-refractivity contribution < 1.29 is 80.5 Å². The number of amides is 2. The van der Waals surface area contributed by atoms with Gasteiger partial charge < -0.3 is 69.0 Å². The maximum atomic E-state index is 12.6. The molecule has 0 aromatic carbocycles. The Morgan fingerprint density at radius 1 is 0.873 bits per heavy atom. The predicted octanol–water partition coefficient (Wildman–Crippen LogP) is 2.39. The average molecular weight is 1070 g/mol. The Hall–Kier alpha value is -4.26. The molecule has 2 aromatic rings. The molecule has 394 valence electrons. The number of nitrogens with one attached hydrogen (secondary N) is 2. The van der Waals surface area contributed by atoms with Gasteiger partial charge in [-0.05, 0) is 44.6 Å². The summed E-state index contributed by atoms with van der Waals surface area (Å²) in [5.74, 6) is -1.30. The third-order valence-electron chi connectivity index (χ3n) is 9.63. The van der Waals surface area contributed by atoms with Gasteiger partial charge in [-0.15, -0.1) is 0 Å². The predicted molar refractivity (Wildman–Crippen MR) is 256 cm³/mol. The highest BCUT2D eigenvalue weighted by Crippen LogP contribution is 2.56. The Kier molecular flexibility index (Phi) is 26.4. The molecule has 3 heterocycles. The van der Waals surface area contributed by atoms with Gasteiger partial charge in [-0.1, -0.05) is 112 Å². The number of nitrogen functional groups attached to an aromatic ring is 1. The number of imidazole rings is 1. The molecule has 24 nitrogen and oxygen atoms in total. The van der Waals surface area contributed by atoms with Crippen LogP contribution in [-0.2, 0) is 50.7 Å². The molecular weight excluding hydrogens is 1010 g/mol. The summed E-state index contributed by atoms with van der Waals surface area (Å²) in [6, 6.07) is 0. The van der Waals surface area contributed by atoms with Crippen LogP contribution in [0.2, 0.25) is 0 Å². The summed E-state index contributed by atoms with van der Waals surface area (Å²) < 4.78 is 60.8. The van der Waals surface area contributed by atoms with Gasteiger partial charge in [0.25, 0.3) is 15.6 Å². The lowest BCUT2D eigenvalue weighted by Gasteiger charge is -2.36. The molecule has 1 aliphatic heterocycles. The van der Waals surface area contributed by atoms with Crippen molar-refractivity contribution in [1.29, 1.82) is 0 Å². The molecule has 28 heteroatoms. The summed E-state index contributed by atoms with van der Waals surface area (Å²) >= 11 is 0.996. The van der Waals surface area contributed by atoms with Crippen molar-refractivity contribution in [3.05, 3.63) is 97.7 Å². The van der Waals surface area contributed by atoms with Gasteiger partial charge in [0.1, 0.15) is 36.3 Å². The van der Waals surface area contributed by atoms with Crippen LogP contribution in [0.25, 0.3) is 11.2 Å². The van der Waals surface area contributed by atoms with E-state index in [9.17, 15) is 57.9 Å². The minimum absolute atomic E-state index is 0.0242. The molecular formula is C43H60N7O17P3S-4. The third-order valence-corrected chi connectivity index (χ3v) is 13.5. The highest BCUT2D eigenvalue weighted by Gasteiger charge is 2.47. The van der Waals surface area contributed by atoms with E-state index in [-0.39, 0.29) is 47.4 Å². The molecule has 0 bridgehead atoms. The number of nitrogens with zero attached hydrogens (tertiary/aromatic N) is 4. The minimum atomic E-state index is -5.93. The van der Waals surface area contributed by atoms with Crippen molar-refractivity contribution in [3.63, 3.8) is 0 Å². The largest absolute Gasteiger partial charge is 0.790 e. The molecule has 0 saturated carbocycles. The summed E-state index contributed by atoms with van der Waals surface area (Å²) in [6.07, 6.45) is 25.7. The number of allylic oxidation sites excluding steroid dienone is 13. The van der Waals surface area contributed by atoms with E-state index in [2.05, 4.69) is 105 Å². The number of nitrogens with two attached hydrogens (primary N) is 1. The number of aromatic nitrogens is 4. The van der Waals surface area contributed by atoms with Crippen LogP contribution in [0.4, 0.5) is 5.82 Å². The van der Waals surface area contributed by atoms with Gasteiger partial charge in [-0.2, -0.15) is 0 Å². The molecule has 0 aliphatic carbocycles. The Balaban J connectivity index is 1.31. The summed E-state index contributed by atoms with van der Waals surface area (Å²) in [5, 5.41) is 26.2. The van der Waals surface area contributed by atoms with Crippen LogP contribution >= 0.6 is 35.2 Å². The summed E-state index contributed by atoms with van der Waals surface area (Å²) in [6.45, 7) is 2.14. The van der Waals surface area contributed by atoms with E-state index >= 15 is 0 Å². The fraction of sp³-hybridized carbons (Fsp3) is 0.488. The van der Waals surface area contributed by atoms with Crippen LogP contribution in [0.3, 0.4) is 0 Å². The Labute approximate surface area is 415 Å². The number of rotatable bonds is 32. The van der Waals surface area contributed by atoms with Gasteiger partial charge in [-0.3, -0.25) is 28.1 Å². The second-order valence-electron chi connectivity index (χ2n) is 15.9. The molecule has 1 saturated heterocycles. The van der Waals surface area contributed by atoms with Crippen LogP contribution < -0.4 is 35.9 Å². The number of aliphatic hydroxyl groups excluding tert-OH is 2. The van der Waals surface area contributed by atoms with Crippen molar-refractivity contribution in [2.75, 3.05) is 37.8 Å². The first-order chi connectivity index (χ1) is 33.6. The highest BCUT2D eigenvalue weighted by molar-refractivity contribution is 8.14.